The molecule has 3 N–H and O–H groups in total. The summed E-state index contributed by atoms with van der Waals surface area (Å²) in [6, 6.07) is 0. The van der Waals surface area contributed by atoms with Crippen LogP contribution in [0.2, 0.25) is 0 Å². The van der Waals surface area contributed by atoms with Crippen LogP contribution in [0.4, 0.5) is 0 Å². The van der Waals surface area contributed by atoms with Crippen molar-refractivity contribution in [1.82, 2.24) is 5.32 Å². The molecule has 5 heteroatoms. The molecule has 0 saturated heterocycles. The Bertz CT molecular complexity index is 205. The van der Waals surface area contributed by atoms with Gasteiger partial charge in [0.1, 0.15) is 5.78 Å². The molecule has 0 aliphatic rings. The Morgan fingerprint density at radius 1 is 1.33 bits per heavy atom. The summed E-state index contributed by atoms with van der Waals surface area (Å²) in [6.07, 6.45) is 4.55. The first-order chi connectivity index (χ1) is 6.91. The van der Waals surface area contributed by atoms with Crippen LogP contribution >= 0.6 is 7.60 Å². The predicted molar refractivity (Wildman–Crippen MR) is 62.8 cm³/mol. The van der Waals surface area contributed by atoms with Gasteiger partial charge in [0, 0.05) is 0 Å². The van der Waals surface area contributed by atoms with E-state index in [0.29, 0.717) is 12.5 Å². The van der Waals surface area contributed by atoms with Crippen molar-refractivity contribution in [2.45, 2.75) is 52.2 Å². The number of nitrogens with one attached hydrogen (secondary N) is 1. The summed E-state index contributed by atoms with van der Waals surface area (Å²) in [7, 11) is -3.96. The molecule has 0 bridgehead atoms. The maximum atomic E-state index is 10.9. The van der Waals surface area contributed by atoms with Crippen molar-refractivity contribution in [3.8, 4) is 0 Å². The Morgan fingerprint density at radius 3 is 2.33 bits per heavy atom. The van der Waals surface area contributed by atoms with Crippen molar-refractivity contribution in [1.29, 1.82) is 0 Å². The summed E-state index contributed by atoms with van der Waals surface area (Å²) in [5.41, 5.74) is 0. The molecule has 0 spiro atoms. The second kappa shape index (κ2) is 7.39. The van der Waals surface area contributed by atoms with Crippen molar-refractivity contribution in [2.24, 2.45) is 5.92 Å². The van der Waals surface area contributed by atoms with Crippen molar-refractivity contribution < 1.29 is 14.4 Å². The Morgan fingerprint density at radius 2 is 1.93 bits per heavy atom. The highest BCUT2D eigenvalue weighted by molar-refractivity contribution is 7.52. The van der Waals surface area contributed by atoms with Gasteiger partial charge in [0.2, 0.25) is 0 Å². The Hall–Kier alpha value is 0.110. The van der Waals surface area contributed by atoms with Crippen molar-refractivity contribution in [3.63, 3.8) is 0 Å². The molecule has 0 aromatic carbocycles. The van der Waals surface area contributed by atoms with E-state index in [4.69, 9.17) is 9.79 Å². The van der Waals surface area contributed by atoms with Crippen LogP contribution in [0.3, 0.4) is 0 Å². The van der Waals surface area contributed by atoms with E-state index in [-0.39, 0.29) is 0 Å². The van der Waals surface area contributed by atoms with Crippen LogP contribution in [0.5, 0.6) is 0 Å². The van der Waals surface area contributed by atoms with E-state index >= 15 is 0 Å². The maximum absolute atomic E-state index is 10.9. The number of unbranched alkanes of at least 4 members (excludes halogenated alkanes) is 1. The second-order valence-corrected chi connectivity index (χ2v) is 6.04. The summed E-state index contributed by atoms with van der Waals surface area (Å²) in [5.74, 6) is -0.202. The van der Waals surface area contributed by atoms with Gasteiger partial charge in [0.25, 0.3) is 0 Å². The Labute approximate surface area is 92.6 Å². The molecule has 0 aromatic heterocycles. The van der Waals surface area contributed by atoms with Crippen LogP contribution in [-0.4, -0.2) is 22.1 Å². The molecular weight excluding hydrogens is 213 g/mol. The van der Waals surface area contributed by atoms with E-state index in [2.05, 4.69) is 19.2 Å². The molecule has 0 rings (SSSR count). The first kappa shape index (κ1) is 15.1. The highest BCUT2D eigenvalue weighted by atomic mass is 31.2. The Balaban J connectivity index is 3.85. The highest BCUT2D eigenvalue weighted by Gasteiger charge is 2.23. The average molecular weight is 237 g/mol. The first-order valence-electron chi connectivity index (χ1n) is 5.70. The molecule has 15 heavy (non-hydrogen) atoms. The summed E-state index contributed by atoms with van der Waals surface area (Å²) in [6.45, 7) is 6.50. The van der Waals surface area contributed by atoms with Crippen LogP contribution in [0.15, 0.2) is 0 Å². The molecule has 0 saturated carbocycles. The standard InChI is InChI=1S/C10H24NO3P/c1-4-6-7-10(5-2)8-11-9(3)15(12,13)14/h9-11H,4-8H2,1-3H3,(H2,12,13,14). The van der Waals surface area contributed by atoms with E-state index in [1.54, 1.807) is 0 Å². The summed E-state index contributed by atoms with van der Waals surface area (Å²) >= 11 is 0. The van der Waals surface area contributed by atoms with Gasteiger partial charge in [0.15, 0.2) is 0 Å². The van der Waals surface area contributed by atoms with Crippen LogP contribution in [-0.2, 0) is 4.57 Å². The fourth-order valence-electron chi connectivity index (χ4n) is 1.40. The molecule has 0 radical (unpaired) electrons. The molecule has 0 heterocycles. The van der Waals surface area contributed by atoms with Crippen LogP contribution in [0.1, 0.15) is 46.5 Å². The lowest BCUT2D eigenvalue weighted by atomic mass is 9.99. The van der Waals surface area contributed by atoms with Crippen molar-refractivity contribution in [2.75, 3.05) is 6.54 Å². The van der Waals surface area contributed by atoms with Gasteiger partial charge in [-0.2, -0.15) is 0 Å². The van der Waals surface area contributed by atoms with Crippen LogP contribution in [0.25, 0.3) is 0 Å². The first-order valence-corrected chi connectivity index (χ1v) is 7.38. The molecule has 2 atom stereocenters. The van der Waals surface area contributed by atoms with Gasteiger partial charge in [-0.25, -0.2) is 0 Å². The molecule has 0 aliphatic carbocycles. The third-order valence-electron chi connectivity index (χ3n) is 2.75. The van der Waals surface area contributed by atoms with E-state index in [1.807, 2.05) is 0 Å². The van der Waals surface area contributed by atoms with Gasteiger partial charge in [-0.1, -0.05) is 33.1 Å². The minimum Gasteiger partial charge on any atom is -0.323 e. The van der Waals surface area contributed by atoms with Gasteiger partial charge in [-0.15, -0.1) is 0 Å². The normalized spacial score (nSPS) is 16.3. The molecular formula is C10H24NO3P. The van der Waals surface area contributed by atoms with Gasteiger partial charge < -0.3 is 15.1 Å². The molecule has 92 valence electrons. The SMILES string of the molecule is CCCCC(CC)CNC(C)P(=O)(O)O. The zero-order valence-corrected chi connectivity index (χ0v) is 10.8. The third-order valence-corrected chi connectivity index (χ3v) is 3.94. The second-order valence-electron chi connectivity index (χ2n) is 4.09. The van der Waals surface area contributed by atoms with E-state index < -0.39 is 13.4 Å². The van der Waals surface area contributed by atoms with Gasteiger partial charge in [0.05, 0.1) is 0 Å². The van der Waals surface area contributed by atoms with Gasteiger partial charge in [-0.05, 0) is 25.8 Å². The van der Waals surface area contributed by atoms with E-state index in [1.165, 1.54) is 19.8 Å². The molecule has 4 nitrogen and oxygen atoms in total. The minimum atomic E-state index is -3.96. The van der Waals surface area contributed by atoms with Crippen molar-refractivity contribution >= 4 is 7.60 Å². The number of hydrogen-bond donors (Lipinski definition) is 3. The lowest BCUT2D eigenvalue weighted by Gasteiger charge is -2.20. The molecule has 0 amide bonds. The fraction of sp³-hybridized carbons (Fsp3) is 1.00. The smallest absolute Gasteiger partial charge is 0.323 e. The van der Waals surface area contributed by atoms with Gasteiger partial charge in [-0.3, -0.25) is 4.57 Å². The predicted octanol–water partition coefficient (Wildman–Crippen LogP) is 2.32. The third kappa shape index (κ3) is 7.07. The topological polar surface area (TPSA) is 69.6 Å². The summed E-state index contributed by atoms with van der Waals surface area (Å²) in [4.78, 5) is 17.8. The monoisotopic (exact) mass is 237 g/mol. The van der Waals surface area contributed by atoms with Crippen molar-refractivity contribution in [3.05, 3.63) is 0 Å². The fourth-order valence-corrected chi connectivity index (χ4v) is 1.74. The quantitative estimate of drug-likeness (QED) is 0.567. The van der Waals surface area contributed by atoms with Crippen LogP contribution in [0, 0.1) is 5.92 Å². The largest absolute Gasteiger partial charge is 0.342 e. The minimum absolute atomic E-state index is 0.527. The van der Waals surface area contributed by atoms with Crippen LogP contribution < -0.4 is 5.32 Å². The molecule has 0 fully saturated rings. The number of rotatable bonds is 8. The summed E-state index contributed by atoms with van der Waals surface area (Å²) < 4.78 is 10.9. The maximum Gasteiger partial charge on any atom is 0.342 e. The average Bonchev–Trinajstić information content (AvgIpc) is 2.16. The van der Waals surface area contributed by atoms with Gasteiger partial charge >= 0.3 is 7.60 Å². The highest BCUT2D eigenvalue weighted by Crippen LogP contribution is 2.39. The Kier molecular flexibility index (Phi) is 7.45. The zero-order chi connectivity index (χ0) is 11.9. The zero-order valence-electron chi connectivity index (χ0n) is 9.94. The van der Waals surface area contributed by atoms with E-state index in [0.717, 1.165) is 12.8 Å². The summed E-state index contributed by atoms with van der Waals surface area (Å²) in [5, 5.41) is 2.92. The number of hydrogen-bond acceptors (Lipinski definition) is 2. The molecule has 2 unspecified atom stereocenters. The lowest BCUT2D eigenvalue weighted by molar-refractivity contribution is 0.339. The lowest BCUT2D eigenvalue weighted by Crippen LogP contribution is -2.31. The van der Waals surface area contributed by atoms with E-state index in [9.17, 15) is 4.57 Å². The molecule has 0 aliphatic heterocycles. The molecule has 0 aromatic rings.